The van der Waals surface area contributed by atoms with Crippen LogP contribution in [0.2, 0.25) is 0 Å². The summed E-state index contributed by atoms with van der Waals surface area (Å²) in [5.41, 5.74) is 5.72. The molecule has 0 aliphatic rings. The Hall–Kier alpha value is -4.72. The zero-order valence-corrected chi connectivity index (χ0v) is 28.8. The summed E-state index contributed by atoms with van der Waals surface area (Å²) < 4.78 is 23.1. The SMILES string of the molecule is CCCCCc1cc(OCN(C(=O)OC)c2ccccc2)c(C/C=C(\C)CCC=C(C)C)c(OCN(C(=O)OC)c2ccccc2)c1. The van der Waals surface area contributed by atoms with Crippen molar-refractivity contribution in [3.8, 4) is 11.5 Å². The van der Waals surface area contributed by atoms with Gasteiger partial charge in [-0.3, -0.25) is 0 Å². The molecule has 0 saturated carbocycles. The third-order valence-electron chi connectivity index (χ3n) is 7.67. The lowest BCUT2D eigenvalue weighted by atomic mass is 10.00. The number of unbranched alkanes of at least 4 members (excludes halogenated alkanes) is 2. The van der Waals surface area contributed by atoms with Crippen LogP contribution < -0.4 is 19.3 Å². The van der Waals surface area contributed by atoms with Gasteiger partial charge in [0.15, 0.2) is 13.5 Å². The predicted octanol–water partition coefficient (Wildman–Crippen LogP) is 9.87. The molecule has 0 fully saturated rings. The summed E-state index contributed by atoms with van der Waals surface area (Å²) in [5.74, 6) is 1.22. The Morgan fingerprint density at radius 3 is 1.68 bits per heavy atom. The Bertz CT molecular complexity index is 1380. The maximum atomic E-state index is 12.8. The van der Waals surface area contributed by atoms with E-state index in [4.69, 9.17) is 18.9 Å². The monoisotopic (exact) mass is 642 g/mol. The molecule has 3 rings (SSSR count). The van der Waals surface area contributed by atoms with Gasteiger partial charge in [0.1, 0.15) is 11.5 Å². The highest BCUT2D eigenvalue weighted by atomic mass is 16.6. The number of rotatable bonds is 17. The van der Waals surface area contributed by atoms with Crippen LogP contribution in [-0.4, -0.2) is 39.9 Å². The average Bonchev–Trinajstić information content (AvgIpc) is 3.08. The summed E-state index contributed by atoms with van der Waals surface area (Å²) in [4.78, 5) is 28.6. The number of carbonyl (C=O) groups is 2. The molecule has 2 amide bonds. The van der Waals surface area contributed by atoms with Crippen LogP contribution in [0, 0.1) is 0 Å². The molecule has 8 nitrogen and oxygen atoms in total. The summed E-state index contributed by atoms with van der Waals surface area (Å²) in [7, 11) is 2.71. The molecule has 8 heteroatoms. The van der Waals surface area contributed by atoms with Crippen LogP contribution in [0.1, 0.15) is 70.9 Å². The number of aryl methyl sites for hydroxylation is 1. The Morgan fingerprint density at radius 2 is 1.23 bits per heavy atom. The Morgan fingerprint density at radius 1 is 0.723 bits per heavy atom. The van der Waals surface area contributed by atoms with E-state index in [1.54, 1.807) is 0 Å². The lowest BCUT2D eigenvalue weighted by Crippen LogP contribution is -2.35. The lowest BCUT2D eigenvalue weighted by Gasteiger charge is -2.25. The van der Waals surface area contributed by atoms with Gasteiger partial charge < -0.3 is 18.9 Å². The van der Waals surface area contributed by atoms with E-state index in [0.717, 1.165) is 49.7 Å². The van der Waals surface area contributed by atoms with Crippen molar-refractivity contribution in [3.05, 3.63) is 107 Å². The summed E-state index contributed by atoms with van der Waals surface area (Å²) >= 11 is 0. The van der Waals surface area contributed by atoms with Gasteiger partial charge in [-0.2, -0.15) is 0 Å². The van der Waals surface area contributed by atoms with Gasteiger partial charge in [0.2, 0.25) is 0 Å². The van der Waals surface area contributed by atoms with E-state index < -0.39 is 12.2 Å². The minimum Gasteiger partial charge on any atom is -0.472 e. The molecule has 252 valence electrons. The number of allylic oxidation sites excluding steroid dienone is 4. The second kappa shape index (κ2) is 19.7. The van der Waals surface area contributed by atoms with E-state index >= 15 is 0 Å². The summed E-state index contributed by atoms with van der Waals surface area (Å²) in [5, 5.41) is 0. The zero-order valence-electron chi connectivity index (χ0n) is 28.8. The first kappa shape index (κ1) is 36.7. The first-order valence-corrected chi connectivity index (χ1v) is 16.3. The van der Waals surface area contributed by atoms with Crippen LogP contribution in [0.25, 0.3) is 0 Å². The Labute approximate surface area is 280 Å². The number of anilines is 2. The van der Waals surface area contributed by atoms with Crippen molar-refractivity contribution < 1.29 is 28.5 Å². The average molecular weight is 643 g/mol. The topological polar surface area (TPSA) is 77.5 Å². The van der Waals surface area contributed by atoms with Crippen molar-refractivity contribution in [2.45, 2.75) is 72.6 Å². The molecular formula is C39H50N2O6. The van der Waals surface area contributed by atoms with Crippen LogP contribution in [0.15, 0.2) is 96.1 Å². The van der Waals surface area contributed by atoms with Crippen molar-refractivity contribution in [2.24, 2.45) is 0 Å². The zero-order chi connectivity index (χ0) is 34.0. The third-order valence-corrected chi connectivity index (χ3v) is 7.67. The number of hydrogen-bond donors (Lipinski definition) is 0. The fourth-order valence-corrected chi connectivity index (χ4v) is 4.99. The first-order valence-electron chi connectivity index (χ1n) is 16.3. The van der Waals surface area contributed by atoms with Gasteiger partial charge in [-0.05, 0) is 94.8 Å². The summed E-state index contributed by atoms with van der Waals surface area (Å²) in [6.45, 7) is 8.38. The van der Waals surface area contributed by atoms with Crippen LogP contribution in [0.4, 0.5) is 21.0 Å². The molecular weight excluding hydrogens is 592 g/mol. The quantitative estimate of drug-likeness (QED) is 0.0829. The molecule has 0 radical (unpaired) electrons. The number of benzene rings is 3. The lowest BCUT2D eigenvalue weighted by molar-refractivity contribution is 0.170. The maximum absolute atomic E-state index is 12.8. The van der Waals surface area contributed by atoms with Gasteiger partial charge in [0, 0.05) is 5.56 Å². The molecule has 0 unspecified atom stereocenters. The standard InChI is InChI=1S/C39H50N2O6/c1-7-8-11-19-32-26-36(46-28-40(38(42)44-5)33-20-12-9-13-21-33)35(25-24-31(4)18-16-17-30(2)3)37(27-32)47-29-41(39(43)45-6)34-22-14-10-15-23-34/h9-10,12-15,17,20-24,26-27H,7-8,11,16,18-19,25,28-29H2,1-6H3/b31-24+. The molecule has 3 aromatic rings. The van der Waals surface area contributed by atoms with Gasteiger partial charge in [-0.1, -0.05) is 79.5 Å². The molecule has 47 heavy (non-hydrogen) atoms. The molecule has 0 spiro atoms. The molecule has 0 aromatic heterocycles. The van der Waals surface area contributed by atoms with Crippen LogP contribution in [0.3, 0.4) is 0 Å². The maximum Gasteiger partial charge on any atom is 0.416 e. The molecule has 0 aliphatic carbocycles. The molecule has 0 saturated heterocycles. The number of para-hydroxylation sites is 2. The normalized spacial score (nSPS) is 11.0. The number of ether oxygens (including phenoxy) is 4. The predicted molar refractivity (Wildman–Crippen MR) is 189 cm³/mol. The number of methoxy groups -OCH3 is 2. The van der Waals surface area contributed by atoms with E-state index in [-0.39, 0.29) is 13.5 Å². The van der Waals surface area contributed by atoms with Crippen molar-refractivity contribution in [1.29, 1.82) is 0 Å². The van der Waals surface area contributed by atoms with Gasteiger partial charge in [0.25, 0.3) is 0 Å². The van der Waals surface area contributed by atoms with Crippen molar-refractivity contribution in [1.82, 2.24) is 0 Å². The molecule has 0 aliphatic heterocycles. The first-order chi connectivity index (χ1) is 22.8. The Kier molecular flexibility index (Phi) is 15.4. The van der Waals surface area contributed by atoms with Crippen LogP contribution in [0.5, 0.6) is 11.5 Å². The number of carbonyl (C=O) groups excluding carboxylic acids is 2. The molecule has 3 aromatic carbocycles. The fraction of sp³-hybridized carbons (Fsp3) is 0.385. The Balaban J connectivity index is 2.05. The second-order valence-electron chi connectivity index (χ2n) is 11.6. The summed E-state index contributed by atoms with van der Waals surface area (Å²) in [6.07, 6.45) is 9.83. The molecule has 0 heterocycles. The molecule has 0 atom stereocenters. The summed E-state index contributed by atoms with van der Waals surface area (Å²) in [6, 6.07) is 22.6. The highest BCUT2D eigenvalue weighted by Crippen LogP contribution is 2.34. The smallest absolute Gasteiger partial charge is 0.416 e. The van der Waals surface area contributed by atoms with E-state index in [1.165, 1.54) is 35.2 Å². The number of nitrogens with zero attached hydrogens (tertiary/aromatic N) is 2. The van der Waals surface area contributed by atoms with Gasteiger partial charge >= 0.3 is 12.2 Å². The van der Waals surface area contributed by atoms with E-state index in [1.807, 2.05) is 72.8 Å². The van der Waals surface area contributed by atoms with Crippen molar-refractivity contribution >= 4 is 23.6 Å². The largest absolute Gasteiger partial charge is 0.472 e. The number of amides is 2. The van der Waals surface area contributed by atoms with Crippen molar-refractivity contribution in [2.75, 3.05) is 37.5 Å². The van der Waals surface area contributed by atoms with Crippen LogP contribution in [-0.2, 0) is 22.3 Å². The van der Waals surface area contributed by atoms with Gasteiger partial charge in [-0.25, -0.2) is 19.4 Å². The highest BCUT2D eigenvalue weighted by Gasteiger charge is 2.22. The number of hydrogen-bond acceptors (Lipinski definition) is 6. The molecule has 0 bridgehead atoms. The minimum atomic E-state index is -0.528. The van der Waals surface area contributed by atoms with Crippen LogP contribution >= 0.6 is 0 Å². The highest BCUT2D eigenvalue weighted by molar-refractivity contribution is 5.87. The third kappa shape index (κ3) is 11.9. The van der Waals surface area contributed by atoms with Gasteiger partial charge in [-0.15, -0.1) is 0 Å². The molecule has 0 N–H and O–H groups in total. The second-order valence-corrected chi connectivity index (χ2v) is 11.6. The van der Waals surface area contributed by atoms with E-state index in [0.29, 0.717) is 29.3 Å². The van der Waals surface area contributed by atoms with Crippen molar-refractivity contribution in [3.63, 3.8) is 0 Å². The van der Waals surface area contributed by atoms with Gasteiger partial charge in [0.05, 0.1) is 25.6 Å². The van der Waals surface area contributed by atoms with E-state index in [2.05, 4.69) is 39.8 Å². The van der Waals surface area contributed by atoms with E-state index in [9.17, 15) is 9.59 Å². The fourth-order valence-electron chi connectivity index (χ4n) is 4.99. The minimum absolute atomic E-state index is 0.0664.